The van der Waals surface area contributed by atoms with Gasteiger partial charge in [0.2, 0.25) is 5.91 Å². The largest absolute Gasteiger partial charge is 0.376 e. The van der Waals surface area contributed by atoms with E-state index in [4.69, 9.17) is 4.74 Å². The second-order valence-electron chi connectivity index (χ2n) is 13.2. The lowest BCUT2D eigenvalue weighted by Crippen LogP contribution is -2.46. The molecule has 2 bridgehead atoms. The van der Waals surface area contributed by atoms with E-state index in [-0.39, 0.29) is 30.1 Å². The molecule has 46 heavy (non-hydrogen) atoms. The Morgan fingerprint density at radius 2 is 1.70 bits per heavy atom. The molecule has 3 aromatic heterocycles. The molecule has 2 atom stereocenters. The molecule has 2 aliphatic heterocycles. The van der Waals surface area contributed by atoms with Crippen LogP contribution in [0.1, 0.15) is 106 Å². The van der Waals surface area contributed by atoms with Crippen molar-refractivity contribution >= 4 is 34.0 Å². The van der Waals surface area contributed by atoms with Gasteiger partial charge in [-0.2, -0.15) is 5.10 Å². The first-order chi connectivity index (χ1) is 22.3. The van der Waals surface area contributed by atoms with Crippen LogP contribution in [0.3, 0.4) is 0 Å². The minimum Gasteiger partial charge on any atom is -0.376 e. The van der Waals surface area contributed by atoms with E-state index in [1.54, 1.807) is 16.3 Å². The summed E-state index contributed by atoms with van der Waals surface area (Å²) in [7, 11) is 0. The molecular formula is C37H47N5O4. The van der Waals surface area contributed by atoms with Crippen LogP contribution in [0.2, 0.25) is 0 Å². The van der Waals surface area contributed by atoms with Gasteiger partial charge in [0.15, 0.2) is 17.2 Å². The lowest BCUT2D eigenvalue weighted by atomic mass is 9.96. The zero-order chi connectivity index (χ0) is 32.2. The first kappa shape index (κ1) is 32.1. The third-order valence-corrected chi connectivity index (χ3v) is 9.77. The van der Waals surface area contributed by atoms with Gasteiger partial charge >= 0.3 is 0 Å². The molecule has 6 rings (SSSR count). The molecule has 0 saturated carbocycles. The summed E-state index contributed by atoms with van der Waals surface area (Å²) in [4.78, 5) is 46.6. The first-order valence-corrected chi connectivity index (χ1v) is 17.3. The molecule has 9 nitrogen and oxygen atoms in total. The van der Waals surface area contributed by atoms with Crippen molar-refractivity contribution in [1.82, 2.24) is 24.1 Å². The lowest BCUT2D eigenvalue weighted by Gasteiger charge is -2.27. The average Bonchev–Trinajstić information content (AvgIpc) is 3.74. The van der Waals surface area contributed by atoms with Gasteiger partial charge in [0.05, 0.1) is 17.3 Å². The van der Waals surface area contributed by atoms with E-state index >= 15 is 0 Å². The van der Waals surface area contributed by atoms with Crippen molar-refractivity contribution in [2.24, 2.45) is 0 Å². The van der Waals surface area contributed by atoms with Crippen molar-refractivity contribution in [2.45, 2.75) is 117 Å². The van der Waals surface area contributed by atoms with Crippen LogP contribution in [0.5, 0.6) is 0 Å². The van der Waals surface area contributed by atoms with Crippen molar-refractivity contribution < 1.29 is 19.1 Å². The van der Waals surface area contributed by atoms with Gasteiger partial charge in [0, 0.05) is 60.7 Å². The molecule has 1 fully saturated rings. The number of ether oxygens (including phenoxy) is 1. The number of rotatable bonds is 4. The molecule has 0 N–H and O–H groups in total. The number of benzene rings is 1. The molecule has 0 spiro atoms. The summed E-state index contributed by atoms with van der Waals surface area (Å²) in [5.41, 5.74) is 6.21. The third-order valence-electron chi connectivity index (χ3n) is 9.77. The Kier molecular flexibility index (Phi) is 9.97. The highest BCUT2D eigenvalue weighted by Crippen LogP contribution is 2.34. The molecule has 0 unspecified atom stereocenters. The Balaban J connectivity index is 1.41. The predicted molar refractivity (Wildman–Crippen MR) is 179 cm³/mol. The number of amides is 1. The maximum absolute atomic E-state index is 14.0. The lowest BCUT2D eigenvalue weighted by molar-refractivity contribution is -0.140. The molecule has 2 aliphatic rings. The Morgan fingerprint density at radius 1 is 0.957 bits per heavy atom. The molecule has 1 aromatic carbocycles. The van der Waals surface area contributed by atoms with Gasteiger partial charge in [0.1, 0.15) is 12.6 Å². The van der Waals surface area contributed by atoms with Crippen molar-refractivity contribution in [3.63, 3.8) is 0 Å². The highest BCUT2D eigenvalue weighted by Gasteiger charge is 2.41. The normalized spacial score (nSPS) is 20.8. The molecule has 4 aromatic rings. The SMILES string of the molecule is CCC(=O)[C@@H]1[C@H]2CCN1C(=O)Cn1cc(C(C)=O)c3cc(-c4cnc5cc(C)nn5c4)cc(c31)CCCCCCCCCCCO2. The van der Waals surface area contributed by atoms with Crippen LogP contribution in [0.4, 0.5) is 0 Å². The van der Waals surface area contributed by atoms with Crippen molar-refractivity contribution in [3.05, 3.63) is 53.6 Å². The van der Waals surface area contributed by atoms with Gasteiger partial charge in [-0.25, -0.2) is 9.50 Å². The zero-order valence-corrected chi connectivity index (χ0v) is 27.6. The Bertz CT molecular complexity index is 1740. The quantitative estimate of drug-likeness (QED) is 0.229. The minimum atomic E-state index is -0.559. The fourth-order valence-electron chi connectivity index (χ4n) is 7.37. The summed E-state index contributed by atoms with van der Waals surface area (Å²) in [6, 6.07) is 5.64. The summed E-state index contributed by atoms with van der Waals surface area (Å²) in [6.45, 7) is 6.57. The second kappa shape index (κ2) is 14.3. The number of fused-ring (bicyclic) bond motifs is 3. The summed E-state index contributed by atoms with van der Waals surface area (Å²) >= 11 is 0. The van der Waals surface area contributed by atoms with Crippen LogP contribution in [-0.2, 0) is 27.3 Å². The average molecular weight is 626 g/mol. The smallest absolute Gasteiger partial charge is 0.243 e. The summed E-state index contributed by atoms with van der Waals surface area (Å²) in [5, 5.41) is 5.40. The van der Waals surface area contributed by atoms with Crippen molar-refractivity contribution in [2.75, 3.05) is 13.2 Å². The van der Waals surface area contributed by atoms with Gasteiger partial charge < -0.3 is 14.2 Å². The highest BCUT2D eigenvalue weighted by atomic mass is 16.5. The molecule has 0 aliphatic carbocycles. The highest BCUT2D eigenvalue weighted by molar-refractivity contribution is 6.09. The van der Waals surface area contributed by atoms with Crippen LogP contribution in [0.15, 0.2) is 36.8 Å². The molecule has 0 radical (unpaired) electrons. The van der Waals surface area contributed by atoms with E-state index in [1.807, 2.05) is 43.1 Å². The fourth-order valence-corrected chi connectivity index (χ4v) is 7.37. The van der Waals surface area contributed by atoms with E-state index < -0.39 is 6.04 Å². The van der Waals surface area contributed by atoms with E-state index in [0.717, 1.165) is 71.0 Å². The Morgan fingerprint density at radius 3 is 2.43 bits per heavy atom. The van der Waals surface area contributed by atoms with Gasteiger partial charge in [-0.1, -0.05) is 51.9 Å². The molecule has 244 valence electrons. The number of carbonyl (C=O) groups is 3. The minimum absolute atomic E-state index is 0.0445. The number of ketones is 2. The maximum Gasteiger partial charge on any atom is 0.243 e. The maximum atomic E-state index is 14.0. The van der Waals surface area contributed by atoms with E-state index in [2.05, 4.69) is 22.2 Å². The van der Waals surface area contributed by atoms with Crippen LogP contribution >= 0.6 is 0 Å². The number of hydrogen-bond acceptors (Lipinski definition) is 6. The van der Waals surface area contributed by atoms with Crippen LogP contribution in [0, 0.1) is 6.92 Å². The number of aromatic nitrogens is 4. The van der Waals surface area contributed by atoms with Crippen LogP contribution in [-0.4, -0.2) is 66.8 Å². The monoisotopic (exact) mass is 625 g/mol. The zero-order valence-electron chi connectivity index (χ0n) is 27.6. The standard InChI is InChI=1S/C37H47N5O4/c1-4-32(44)37-33-15-16-41(37)35(45)24-40-23-31(26(3)43)30-20-28(29-21-38-34-18-25(2)39-42(34)22-29)19-27(36(30)40)14-12-10-8-6-5-7-9-11-13-17-46-33/h18-23,33,37H,4-17,24H2,1-3H3/t33-,37-/m1/s1. The molecule has 5 heterocycles. The predicted octanol–water partition coefficient (Wildman–Crippen LogP) is 6.89. The molecule has 9 heteroatoms. The number of aryl methyl sites for hydroxylation is 2. The summed E-state index contributed by atoms with van der Waals surface area (Å²) in [6.07, 6.45) is 17.7. The van der Waals surface area contributed by atoms with E-state index in [0.29, 0.717) is 31.6 Å². The van der Waals surface area contributed by atoms with Crippen molar-refractivity contribution in [3.8, 4) is 11.1 Å². The van der Waals surface area contributed by atoms with Crippen LogP contribution in [0.25, 0.3) is 27.7 Å². The van der Waals surface area contributed by atoms with Gasteiger partial charge in [-0.05, 0) is 62.8 Å². The van der Waals surface area contributed by atoms with E-state index in [9.17, 15) is 14.4 Å². The van der Waals surface area contributed by atoms with Crippen LogP contribution < -0.4 is 0 Å². The first-order valence-electron chi connectivity index (χ1n) is 17.3. The van der Waals surface area contributed by atoms with Gasteiger partial charge in [0.25, 0.3) is 0 Å². The summed E-state index contributed by atoms with van der Waals surface area (Å²) < 4.78 is 10.0. The van der Waals surface area contributed by atoms with Gasteiger partial charge in [-0.3, -0.25) is 14.4 Å². The number of Topliss-reactive ketones (excluding diaryl/α,β-unsaturated/α-hetero) is 2. The summed E-state index contributed by atoms with van der Waals surface area (Å²) in [5.74, 6) is -0.115. The number of carbonyl (C=O) groups excluding carboxylic acids is 3. The molecule has 1 saturated heterocycles. The van der Waals surface area contributed by atoms with Crippen molar-refractivity contribution in [1.29, 1.82) is 0 Å². The third kappa shape index (κ3) is 6.80. The topological polar surface area (TPSA) is 98.8 Å². The fraction of sp³-hybridized carbons (Fsp3) is 0.541. The Hall–Kier alpha value is -3.85. The molecular weight excluding hydrogens is 578 g/mol. The second-order valence-corrected chi connectivity index (χ2v) is 13.2. The number of hydrogen-bond donors (Lipinski definition) is 0. The Labute approximate surface area is 271 Å². The van der Waals surface area contributed by atoms with Gasteiger partial charge in [-0.15, -0.1) is 0 Å². The number of nitrogens with zero attached hydrogens (tertiary/aromatic N) is 5. The molecule has 1 amide bonds. The van der Waals surface area contributed by atoms with E-state index in [1.165, 1.54) is 32.1 Å².